The van der Waals surface area contributed by atoms with Crippen molar-refractivity contribution in [3.8, 4) is 11.5 Å². The van der Waals surface area contributed by atoms with Crippen LogP contribution in [0.2, 0.25) is 0 Å². The maximum absolute atomic E-state index is 11.5. The number of carboxylic acid groups (broad SMARTS) is 1. The number of esters is 1. The first-order valence-corrected chi connectivity index (χ1v) is 7.84. The van der Waals surface area contributed by atoms with Crippen LogP contribution in [0.3, 0.4) is 0 Å². The highest BCUT2D eigenvalue weighted by Crippen LogP contribution is 2.27. The number of methoxy groups -OCH3 is 3. The number of hydrogen-bond donors (Lipinski definition) is 1. The van der Waals surface area contributed by atoms with Crippen molar-refractivity contribution in [1.29, 1.82) is 0 Å². The molecule has 0 amide bonds. The molecule has 0 spiro atoms. The van der Waals surface area contributed by atoms with E-state index in [1.54, 1.807) is 55.5 Å². The average molecular weight is 359 g/mol. The topological polar surface area (TPSA) is 85.3 Å². The fraction of sp³-hybridized carbons (Fsp3) is 0.263. The molecule has 2 rings (SSSR count). The molecule has 2 aromatic rings. The Morgan fingerprint density at radius 2 is 1.69 bits per heavy atom. The molecular formula is C19H21NO6. The zero-order chi connectivity index (χ0) is 19.1. The molecule has 0 unspecified atom stereocenters. The van der Waals surface area contributed by atoms with Gasteiger partial charge in [0.1, 0.15) is 18.0 Å². The van der Waals surface area contributed by atoms with E-state index in [2.05, 4.69) is 4.74 Å². The van der Waals surface area contributed by atoms with Gasteiger partial charge in [-0.2, -0.15) is 0 Å². The summed E-state index contributed by atoms with van der Waals surface area (Å²) >= 11 is 0. The molecule has 138 valence electrons. The van der Waals surface area contributed by atoms with Gasteiger partial charge in [-0.25, -0.2) is 4.79 Å². The van der Waals surface area contributed by atoms with Gasteiger partial charge in [0.2, 0.25) is 0 Å². The van der Waals surface area contributed by atoms with Crippen molar-refractivity contribution >= 4 is 17.6 Å². The van der Waals surface area contributed by atoms with Gasteiger partial charge in [-0.15, -0.1) is 0 Å². The summed E-state index contributed by atoms with van der Waals surface area (Å²) in [6.45, 7) is 0.115. The number of nitrogens with zero attached hydrogens (tertiary/aromatic N) is 1. The van der Waals surface area contributed by atoms with Crippen molar-refractivity contribution < 1.29 is 28.9 Å². The molecule has 0 aliphatic carbocycles. The Morgan fingerprint density at radius 1 is 1.00 bits per heavy atom. The van der Waals surface area contributed by atoms with Gasteiger partial charge < -0.3 is 24.2 Å². The van der Waals surface area contributed by atoms with Crippen molar-refractivity contribution in [2.45, 2.75) is 6.54 Å². The van der Waals surface area contributed by atoms with Gasteiger partial charge in [0.15, 0.2) is 0 Å². The largest absolute Gasteiger partial charge is 0.497 e. The molecule has 26 heavy (non-hydrogen) atoms. The second-order valence-electron chi connectivity index (χ2n) is 5.47. The molecule has 0 radical (unpaired) electrons. The summed E-state index contributed by atoms with van der Waals surface area (Å²) in [6, 6.07) is 11.9. The van der Waals surface area contributed by atoms with E-state index >= 15 is 0 Å². The zero-order valence-corrected chi connectivity index (χ0v) is 14.9. The van der Waals surface area contributed by atoms with Crippen LogP contribution in [-0.4, -0.2) is 44.9 Å². The van der Waals surface area contributed by atoms with Crippen LogP contribution >= 0.6 is 0 Å². The van der Waals surface area contributed by atoms with Crippen LogP contribution in [0.1, 0.15) is 15.9 Å². The molecule has 0 saturated carbocycles. The lowest BCUT2D eigenvalue weighted by molar-refractivity contribution is -0.135. The van der Waals surface area contributed by atoms with Crippen LogP contribution in [0.5, 0.6) is 11.5 Å². The van der Waals surface area contributed by atoms with Crippen molar-refractivity contribution in [2.75, 3.05) is 32.8 Å². The minimum Gasteiger partial charge on any atom is -0.497 e. The van der Waals surface area contributed by atoms with Gasteiger partial charge in [0, 0.05) is 23.9 Å². The van der Waals surface area contributed by atoms with Gasteiger partial charge >= 0.3 is 11.9 Å². The molecule has 0 bridgehead atoms. The number of anilines is 1. The Balaban J connectivity index is 2.30. The van der Waals surface area contributed by atoms with E-state index in [9.17, 15) is 14.7 Å². The summed E-state index contributed by atoms with van der Waals surface area (Å²) in [7, 11) is 4.42. The lowest BCUT2D eigenvalue weighted by Crippen LogP contribution is -2.29. The Kier molecular flexibility index (Phi) is 6.43. The number of hydrogen-bond acceptors (Lipinski definition) is 6. The summed E-state index contributed by atoms with van der Waals surface area (Å²) < 4.78 is 15.2. The van der Waals surface area contributed by atoms with Crippen LogP contribution in [0.15, 0.2) is 42.5 Å². The van der Waals surface area contributed by atoms with Crippen LogP contribution in [0.4, 0.5) is 5.69 Å². The smallest absolute Gasteiger partial charge is 0.337 e. The van der Waals surface area contributed by atoms with E-state index in [0.29, 0.717) is 29.3 Å². The summed E-state index contributed by atoms with van der Waals surface area (Å²) in [5.41, 5.74) is 1.87. The summed E-state index contributed by atoms with van der Waals surface area (Å²) in [6.07, 6.45) is 0. The van der Waals surface area contributed by atoms with Crippen LogP contribution < -0.4 is 14.4 Å². The van der Waals surface area contributed by atoms with Crippen LogP contribution in [0.25, 0.3) is 0 Å². The fourth-order valence-corrected chi connectivity index (χ4v) is 2.52. The van der Waals surface area contributed by atoms with Crippen molar-refractivity contribution in [2.24, 2.45) is 0 Å². The third kappa shape index (κ3) is 4.66. The molecule has 0 atom stereocenters. The fourth-order valence-electron chi connectivity index (χ4n) is 2.52. The molecular weight excluding hydrogens is 338 g/mol. The first-order chi connectivity index (χ1) is 12.5. The molecule has 0 saturated heterocycles. The Labute approximate surface area is 151 Å². The zero-order valence-electron chi connectivity index (χ0n) is 14.9. The van der Waals surface area contributed by atoms with E-state index in [-0.39, 0.29) is 6.54 Å². The van der Waals surface area contributed by atoms with E-state index in [4.69, 9.17) is 9.47 Å². The Bertz CT molecular complexity index is 772. The van der Waals surface area contributed by atoms with E-state index in [0.717, 1.165) is 5.56 Å². The van der Waals surface area contributed by atoms with Crippen molar-refractivity contribution in [3.05, 3.63) is 53.6 Å². The molecule has 0 aromatic heterocycles. The molecule has 0 fully saturated rings. The number of carboxylic acids is 1. The molecule has 7 heteroatoms. The first kappa shape index (κ1) is 19.1. The quantitative estimate of drug-likeness (QED) is 0.725. The van der Waals surface area contributed by atoms with E-state index in [1.165, 1.54) is 7.11 Å². The first-order valence-electron chi connectivity index (χ1n) is 7.84. The lowest BCUT2D eigenvalue weighted by Gasteiger charge is -2.24. The third-order valence-electron chi connectivity index (χ3n) is 3.84. The number of ether oxygens (including phenoxy) is 3. The number of carbonyl (C=O) groups is 2. The molecule has 0 aliphatic rings. The number of aliphatic carboxylic acids is 1. The summed E-state index contributed by atoms with van der Waals surface area (Å²) in [5, 5.41) is 9.25. The minimum atomic E-state index is -0.963. The Hall–Kier alpha value is -3.22. The lowest BCUT2D eigenvalue weighted by atomic mass is 10.1. The summed E-state index contributed by atoms with van der Waals surface area (Å²) in [5.74, 6) is -0.156. The molecule has 1 N–H and O–H groups in total. The van der Waals surface area contributed by atoms with Gasteiger partial charge in [-0.3, -0.25) is 4.79 Å². The number of rotatable bonds is 8. The van der Waals surface area contributed by atoms with Crippen LogP contribution in [0, 0.1) is 0 Å². The van der Waals surface area contributed by atoms with Crippen LogP contribution in [-0.2, 0) is 16.1 Å². The van der Waals surface area contributed by atoms with Gasteiger partial charge in [-0.1, -0.05) is 0 Å². The predicted octanol–water partition coefficient (Wildman–Crippen LogP) is 2.58. The monoisotopic (exact) mass is 359 g/mol. The van der Waals surface area contributed by atoms with Crippen molar-refractivity contribution in [3.63, 3.8) is 0 Å². The van der Waals surface area contributed by atoms with E-state index < -0.39 is 11.9 Å². The third-order valence-corrected chi connectivity index (χ3v) is 3.84. The highest BCUT2D eigenvalue weighted by Gasteiger charge is 2.15. The van der Waals surface area contributed by atoms with Gasteiger partial charge in [0.05, 0.1) is 26.9 Å². The van der Waals surface area contributed by atoms with E-state index in [1.807, 2.05) is 6.07 Å². The number of benzene rings is 2. The van der Waals surface area contributed by atoms with Crippen molar-refractivity contribution in [1.82, 2.24) is 0 Å². The molecule has 0 aliphatic heterocycles. The predicted molar refractivity (Wildman–Crippen MR) is 96.0 cm³/mol. The highest BCUT2D eigenvalue weighted by atomic mass is 16.5. The maximum Gasteiger partial charge on any atom is 0.337 e. The van der Waals surface area contributed by atoms with Gasteiger partial charge in [-0.05, 0) is 36.4 Å². The standard InChI is InChI=1S/C19H21NO6/c1-24-16-9-6-14(17(10-16)25-2)11-20(12-18(21)22)15-7-4-13(5-8-15)19(23)26-3/h4-10H,11-12H2,1-3H3,(H,21,22). The number of carbonyl (C=O) groups excluding carboxylic acids is 1. The average Bonchev–Trinajstić information content (AvgIpc) is 2.66. The summed E-state index contributed by atoms with van der Waals surface area (Å²) in [4.78, 5) is 24.5. The SMILES string of the molecule is COC(=O)c1ccc(N(CC(=O)O)Cc2ccc(OC)cc2OC)cc1. The Morgan fingerprint density at radius 3 is 2.23 bits per heavy atom. The minimum absolute atomic E-state index is 0.202. The second-order valence-corrected chi connectivity index (χ2v) is 5.47. The normalized spacial score (nSPS) is 10.1. The molecule has 7 nitrogen and oxygen atoms in total. The second kappa shape index (κ2) is 8.75. The molecule has 0 heterocycles. The van der Waals surface area contributed by atoms with Gasteiger partial charge in [0.25, 0.3) is 0 Å². The maximum atomic E-state index is 11.5. The molecule has 2 aromatic carbocycles. The highest BCUT2D eigenvalue weighted by molar-refractivity contribution is 5.89.